The van der Waals surface area contributed by atoms with Crippen molar-refractivity contribution in [3.63, 3.8) is 0 Å². The number of hydrogen-bond acceptors (Lipinski definition) is 8. The standard InChI is InChI=1S/C34H29BrClN3O5S/c1-5-42-33(41)29-20(4)38-34-39(30(29)25-8-6-7-9-27(25)44-19(2)3)32(40)28(45-34)15-23-14-24(36)16-26(35)31(23)43-18-22-12-10-21(17-37)11-13-22/h6-16,19,30H,5,18H2,1-4H3/b28-15-/t30-/m1/s1. The van der Waals surface area contributed by atoms with E-state index in [-0.39, 0.29) is 30.5 Å². The monoisotopic (exact) mass is 705 g/mol. The van der Waals surface area contributed by atoms with Gasteiger partial charge < -0.3 is 14.2 Å². The second-order valence-electron chi connectivity index (χ2n) is 10.4. The Labute approximate surface area is 277 Å². The third-order valence-corrected chi connectivity index (χ3v) is 8.67. The molecule has 3 aromatic carbocycles. The lowest BCUT2D eigenvalue weighted by molar-refractivity contribution is -0.139. The molecule has 0 spiro atoms. The fraction of sp³-hybridized carbons (Fsp3) is 0.235. The lowest BCUT2D eigenvalue weighted by Gasteiger charge is -2.26. The van der Waals surface area contributed by atoms with Crippen molar-refractivity contribution in [2.75, 3.05) is 6.61 Å². The molecular formula is C34H29BrClN3O5S. The number of carbonyl (C=O) groups excluding carboxylic acids is 1. The van der Waals surface area contributed by atoms with Crippen molar-refractivity contribution in [3.05, 3.63) is 123 Å². The fourth-order valence-corrected chi connectivity index (χ4v) is 6.95. The molecule has 1 aliphatic rings. The molecule has 0 fully saturated rings. The number of carbonyl (C=O) groups is 1. The molecule has 1 aliphatic heterocycles. The van der Waals surface area contributed by atoms with Crippen LogP contribution in [0.2, 0.25) is 5.02 Å². The first kappa shape index (κ1) is 32.2. The molecule has 0 saturated heterocycles. The number of para-hydroxylation sites is 1. The summed E-state index contributed by atoms with van der Waals surface area (Å²) in [6, 6.07) is 19.2. The molecule has 0 radical (unpaired) electrons. The normalized spacial score (nSPS) is 14.5. The minimum atomic E-state index is -0.824. The number of fused-ring (bicyclic) bond motifs is 1. The van der Waals surface area contributed by atoms with Gasteiger partial charge in [0.05, 0.1) is 44.6 Å². The number of halogens is 2. The van der Waals surface area contributed by atoms with Gasteiger partial charge in [0.25, 0.3) is 5.56 Å². The molecule has 5 rings (SSSR count). The minimum absolute atomic E-state index is 0.137. The lowest BCUT2D eigenvalue weighted by atomic mass is 9.95. The van der Waals surface area contributed by atoms with Gasteiger partial charge in [0.1, 0.15) is 24.1 Å². The lowest BCUT2D eigenvalue weighted by Crippen LogP contribution is -2.40. The van der Waals surface area contributed by atoms with E-state index in [4.69, 9.17) is 31.1 Å². The number of rotatable bonds is 9. The van der Waals surface area contributed by atoms with E-state index in [0.717, 1.165) is 5.56 Å². The molecule has 0 unspecified atom stereocenters. The molecule has 0 N–H and O–H groups in total. The summed E-state index contributed by atoms with van der Waals surface area (Å²) in [4.78, 5) is 32.7. The molecule has 0 saturated carbocycles. The first-order valence-electron chi connectivity index (χ1n) is 14.2. The van der Waals surface area contributed by atoms with Crippen LogP contribution < -0.4 is 24.4 Å². The third-order valence-electron chi connectivity index (χ3n) is 6.88. The minimum Gasteiger partial charge on any atom is -0.491 e. The van der Waals surface area contributed by atoms with Crippen LogP contribution in [0.3, 0.4) is 0 Å². The molecule has 230 valence electrons. The Balaban J connectivity index is 1.66. The average Bonchev–Trinajstić information content (AvgIpc) is 3.30. The average molecular weight is 707 g/mol. The molecule has 0 amide bonds. The van der Waals surface area contributed by atoms with Gasteiger partial charge in [-0.1, -0.05) is 53.3 Å². The summed E-state index contributed by atoms with van der Waals surface area (Å²) in [5.74, 6) is 0.501. The van der Waals surface area contributed by atoms with Crippen LogP contribution in [-0.2, 0) is 16.1 Å². The summed E-state index contributed by atoms with van der Waals surface area (Å²) in [6.45, 7) is 7.71. The number of ether oxygens (including phenoxy) is 3. The van der Waals surface area contributed by atoms with Crippen LogP contribution in [0.5, 0.6) is 11.5 Å². The van der Waals surface area contributed by atoms with E-state index in [9.17, 15) is 9.59 Å². The number of nitrogens with zero attached hydrogens (tertiary/aromatic N) is 3. The maximum absolute atomic E-state index is 14.2. The van der Waals surface area contributed by atoms with Crippen molar-refractivity contribution in [3.8, 4) is 17.6 Å². The second-order valence-corrected chi connectivity index (χ2v) is 12.7. The number of hydrogen-bond donors (Lipinski definition) is 0. The Bertz CT molecular complexity index is 2030. The zero-order valence-corrected chi connectivity index (χ0v) is 28.1. The molecule has 1 atom stereocenters. The summed E-state index contributed by atoms with van der Waals surface area (Å²) in [6.07, 6.45) is 1.58. The third kappa shape index (κ3) is 6.91. The Kier molecular flexibility index (Phi) is 9.93. The van der Waals surface area contributed by atoms with E-state index in [2.05, 4.69) is 27.0 Å². The van der Waals surface area contributed by atoms with Gasteiger partial charge in [-0.25, -0.2) is 9.79 Å². The fourth-order valence-electron chi connectivity index (χ4n) is 4.97. The molecule has 4 aromatic rings. The summed E-state index contributed by atoms with van der Waals surface area (Å²) in [7, 11) is 0. The Hall–Kier alpha value is -4.17. The van der Waals surface area contributed by atoms with E-state index in [0.29, 0.717) is 52.7 Å². The number of nitriles is 1. The van der Waals surface area contributed by atoms with E-state index in [1.807, 2.05) is 50.2 Å². The maximum Gasteiger partial charge on any atom is 0.338 e. The van der Waals surface area contributed by atoms with Crippen LogP contribution in [0.25, 0.3) is 6.08 Å². The molecular weight excluding hydrogens is 678 g/mol. The van der Waals surface area contributed by atoms with E-state index in [1.165, 1.54) is 15.9 Å². The predicted molar refractivity (Wildman–Crippen MR) is 177 cm³/mol. The Morgan fingerprint density at radius 3 is 2.62 bits per heavy atom. The molecule has 1 aromatic heterocycles. The predicted octanol–water partition coefficient (Wildman–Crippen LogP) is 6.45. The zero-order valence-electron chi connectivity index (χ0n) is 25.0. The number of benzene rings is 3. The van der Waals surface area contributed by atoms with Crippen molar-refractivity contribution in [1.82, 2.24) is 4.57 Å². The van der Waals surface area contributed by atoms with Crippen LogP contribution in [0, 0.1) is 11.3 Å². The van der Waals surface area contributed by atoms with E-state index < -0.39 is 12.0 Å². The van der Waals surface area contributed by atoms with Crippen LogP contribution >= 0.6 is 38.9 Å². The van der Waals surface area contributed by atoms with E-state index in [1.54, 1.807) is 44.2 Å². The second kappa shape index (κ2) is 13.9. The quantitative estimate of drug-likeness (QED) is 0.186. The molecule has 8 nitrogen and oxygen atoms in total. The smallest absolute Gasteiger partial charge is 0.338 e. The molecule has 45 heavy (non-hydrogen) atoms. The van der Waals surface area contributed by atoms with Crippen molar-refractivity contribution in [2.24, 2.45) is 4.99 Å². The molecule has 0 bridgehead atoms. The largest absolute Gasteiger partial charge is 0.491 e. The van der Waals surface area contributed by atoms with Gasteiger partial charge in [0, 0.05) is 16.1 Å². The van der Waals surface area contributed by atoms with Crippen LogP contribution in [0.15, 0.2) is 86.2 Å². The number of thiazole rings is 1. The highest BCUT2D eigenvalue weighted by molar-refractivity contribution is 9.10. The van der Waals surface area contributed by atoms with Gasteiger partial charge in [0.2, 0.25) is 0 Å². The number of allylic oxidation sites excluding steroid dienone is 1. The van der Waals surface area contributed by atoms with Crippen molar-refractivity contribution in [1.29, 1.82) is 5.26 Å². The summed E-state index contributed by atoms with van der Waals surface area (Å²) in [5, 5.41) is 9.55. The topological polar surface area (TPSA) is 103 Å². The number of esters is 1. The van der Waals surface area contributed by atoms with Gasteiger partial charge >= 0.3 is 5.97 Å². The van der Waals surface area contributed by atoms with E-state index >= 15 is 0 Å². The molecule has 11 heteroatoms. The summed E-state index contributed by atoms with van der Waals surface area (Å²) < 4.78 is 20.3. The van der Waals surface area contributed by atoms with Gasteiger partial charge in [-0.3, -0.25) is 9.36 Å². The maximum atomic E-state index is 14.2. The van der Waals surface area contributed by atoms with Gasteiger partial charge in [0.15, 0.2) is 4.80 Å². The Morgan fingerprint density at radius 1 is 1.20 bits per heavy atom. The van der Waals surface area contributed by atoms with Crippen LogP contribution in [0.1, 0.15) is 56.0 Å². The van der Waals surface area contributed by atoms with Crippen molar-refractivity contribution < 1.29 is 19.0 Å². The summed E-state index contributed by atoms with van der Waals surface area (Å²) >= 11 is 11.2. The number of aromatic nitrogens is 1. The highest BCUT2D eigenvalue weighted by Gasteiger charge is 2.35. The van der Waals surface area contributed by atoms with Gasteiger partial charge in [-0.2, -0.15) is 5.26 Å². The molecule has 0 aliphatic carbocycles. The van der Waals surface area contributed by atoms with Crippen LogP contribution in [0.4, 0.5) is 0 Å². The summed E-state index contributed by atoms with van der Waals surface area (Å²) in [5.41, 5.74) is 3.04. The first-order valence-corrected chi connectivity index (χ1v) is 16.2. The van der Waals surface area contributed by atoms with Crippen LogP contribution in [-0.4, -0.2) is 23.2 Å². The van der Waals surface area contributed by atoms with Gasteiger partial charge in [-0.15, -0.1) is 0 Å². The Morgan fingerprint density at radius 2 is 1.93 bits per heavy atom. The van der Waals surface area contributed by atoms with Crippen molar-refractivity contribution >= 4 is 50.9 Å². The first-order chi connectivity index (χ1) is 21.6. The SMILES string of the molecule is CCOC(=O)C1=C(C)N=c2s/c(=C\c3cc(Cl)cc(Br)c3OCc3ccc(C#N)cc3)c(=O)n2[C@@H]1c1ccccc1OC(C)C. The zero-order chi connectivity index (χ0) is 32.2. The highest BCUT2D eigenvalue weighted by atomic mass is 79.9. The molecule has 2 heterocycles. The van der Waals surface area contributed by atoms with Gasteiger partial charge in [-0.05, 0) is 85.6 Å². The highest BCUT2D eigenvalue weighted by Crippen LogP contribution is 2.37. The van der Waals surface area contributed by atoms with Crippen molar-refractivity contribution in [2.45, 2.75) is 46.4 Å².